The Balaban J connectivity index is 1.56. The van der Waals surface area contributed by atoms with Crippen molar-refractivity contribution in [2.45, 2.75) is 11.8 Å². The summed E-state index contributed by atoms with van der Waals surface area (Å²) >= 11 is 3.33. The Hall–Kier alpha value is -3.70. The smallest absolute Gasteiger partial charge is 0.282 e. The fraction of sp³-hybridized carbons (Fsp3) is 0.0455. The molecule has 33 heavy (non-hydrogen) atoms. The van der Waals surface area contributed by atoms with Gasteiger partial charge in [0.2, 0.25) is 5.91 Å². The molecule has 1 aliphatic heterocycles. The molecule has 1 fully saturated rings. The van der Waals surface area contributed by atoms with Gasteiger partial charge in [-0.2, -0.15) is 0 Å². The van der Waals surface area contributed by atoms with Crippen LogP contribution < -0.4 is 15.2 Å². The second-order valence-electron chi connectivity index (χ2n) is 7.01. The molecule has 0 radical (unpaired) electrons. The molecule has 2 aromatic carbocycles. The van der Waals surface area contributed by atoms with Gasteiger partial charge in [0, 0.05) is 17.0 Å². The molecule has 3 aromatic rings. The second-order valence-corrected chi connectivity index (χ2v) is 9.61. The third kappa shape index (κ3) is 4.73. The Bertz CT molecular complexity index is 1410. The fourth-order valence-electron chi connectivity index (χ4n) is 3.13. The number of nitrogens with one attached hydrogen (secondary N) is 2. The highest BCUT2D eigenvalue weighted by Gasteiger charge is 2.34. The summed E-state index contributed by atoms with van der Waals surface area (Å²) in [4.78, 5) is 36.1. The quantitative estimate of drug-likeness (QED) is 0.386. The molecule has 9 nitrogen and oxygen atoms in total. The highest BCUT2D eigenvalue weighted by molar-refractivity contribution is 9.10. The van der Waals surface area contributed by atoms with E-state index in [0.29, 0.717) is 17.0 Å². The molecular formula is C22H16BrN3O6S. The van der Waals surface area contributed by atoms with Gasteiger partial charge in [-0.05, 0) is 60.7 Å². The maximum absolute atomic E-state index is 12.7. The highest BCUT2D eigenvalue weighted by atomic mass is 79.9. The van der Waals surface area contributed by atoms with Crippen molar-refractivity contribution in [2.24, 2.45) is 0 Å². The molecule has 0 saturated carbocycles. The van der Waals surface area contributed by atoms with Crippen LogP contribution in [0.25, 0.3) is 17.4 Å². The van der Waals surface area contributed by atoms with E-state index in [4.69, 9.17) is 4.42 Å². The maximum Gasteiger partial charge on any atom is 0.282 e. The predicted octanol–water partition coefficient (Wildman–Crippen LogP) is 3.00. The van der Waals surface area contributed by atoms with Crippen LogP contribution in [0.4, 0.5) is 5.69 Å². The molecule has 2 heterocycles. The molecule has 4 rings (SSSR count). The SMILES string of the molecule is CC(=O)NS(=O)(=O)c1ccc(-c2ccc(C=C3C(=O)NN(c4cccc(Br)c4)C3=O)o2)cc1. The van der Waals surface area contributed by atoms with Gasteiger partial charge >= 0.3 is 0 Å². The number of carbonyl (C=O) groups excluding carboxylic acids is 3. The maximum atomic E-state index is 12.7. The summed E-state index contributed by atoms with van der Waals surface area (Å²) in [5.74, 6) is -1.10. The van der Waals surface area contributed by atoms with Crippen molar-refractivity contribution < 1.29 is 27.2 Å². The van der Waals surface area contributed by atoms with E-state index in [1.165, 1.54) is 30.3 Å². The van der Waals surface area contributed by atoms with Crippen LogP contribution in [-0.2, 0) is 24.4 Å². The van der Waals surface area contributed by atoms with Gasteiger partial charge in [-0.25, -0.2) is 18.1 Å². The molecule has 3 amide bonds. The topological polar surface area (TPSA) is 126 Å². The van der Waals surface area contributed by atoms with Gasteiger partial charge in [-0.15, -0.1) is 0 Å². The summed E-state index contributed by atoms with van der Waals surface area (Å²) in [6, 6.07) is 15.9. The number of sulfonamides is 1. The number of anilines is 1. The molecule has 0 unspecified atom stereocenters. The normalized spacial score (nSPS) is 15.1. The Morgan fingerprint density at radius 3 is 2.48 bits per heavy atom. The first-order valence-electron chi connectivity index (χ1n) is 9.50. The standard InChI is InChI=1S/C22H16BrN3O6S/c1-13(27)25-33(30,31)18-8-5-14(6-9-18)20-10-7-17(32-20)12-19-21(28)24-26(22(19)29)16-4-2-3-15(23)11-16/h2-12H,1H3,(H,24,28)(H,25,27). The molecule has 0 spiro atoms. The number of benzene rings is 2. The van der Waals surface area contributed by atoms with E-state index in [0.717, 1.165) is 16.4 Å². The van der Waals surface area contributed by atoms with Crippen molar-refractivity contribution >= 4 is 55.4 Å². The Morgan fingerprint density at radius 2 is 1.82 bits per heavy atom. The van der Waals surface area contributed by atoms with E-state index in [9.17, 15) is 22.8 Å². The average molecular weight is 530 g/mol. The zero-order valence-corrected chi connectivity index (χ0v) is 19.4. The average Bonchev–Trinajstić information content (AvgIpc) is 3.33. The summed E-state index contributed by atoms with van der Waals surface area (Å²) in [5.41, 5.74) is 3.50. The number of hydrogen-bond donors (Lipinski definition) is 2. The van der Waals surface area contributed by atoms with E-state index in [-0.39, 0.29) is 16.2 Å². The van der Waals surface area contributed by atoms with Gasteiger partial charge in [0.15, 0.2) is 0 Å². The van der Waals surface area contributed by atoms with E-state index in [1.54, 1.807) is 36.4 Å². The Kier molecular flexibility index (Phi) is 5.91. The Labute approximate surface area is 197 Å². The third-order valence-corrected chi connectivity index (χ3v) is 6.54. The second kappa shape index (κ2) is 8.68. The molecular weight excluding hydrogens is 514 g/mol. The molecule has 0 atom stereocenters. The lowest BCUT2D eigenvalue weighted by molar-refractivity contribution is -0.118. The number of rotatable bonds is 5. The van der Waals surface area contributed by atoms with Crippen molar-refractivity contribution in [3.63, 3.8) is 0 Å². The molecule has 0 bridgehead atoms. The largest absolute Gasteiger partial charge is 0.457 e. The number of hydrazine groups is 1. The van der Waals surface area contributed by atoms with Crippen LogP contribution in [0.2, 0.25) is 0 Å². The lowest BCUT2D eigenvalue weighted by atomic mass is 10.2. The van der Waals surface area contributed by atoms with Crippen LogP contribution in [0.15, 0.2) is 80.0 Å². The van der Waals surface area contributed by atoms with Gasteiger partial charge in [0.25, 0.3) is 21.8 Å². The lowest BCUT2D eigenvalue weighted by Crippen LogP contribution is -2.35. The van der Waals surface area contributed by atoms with Crippen LogP contribution in [0.1, 0.15) is 12.7 Å². The minimum Gasteiger partial charge on any atom is -0.457 e. The minimum atomic E-state index is -3.94. The third-order valence-electron chi connectivity index (χ3n) is 4.60. The minimum absolute atomic E-state index is 0.0730. The molecule has 2 N–H and O–H groups in total. The van der Waals surface area contributed by atoms with E-state index in [1.807, 2.05) is 4.72 Å². The van der Waals surface area contributed by atoms with E-state index >= 15 is 0 Å². The number of carbonyl (C=O) groups is 3. The van der Waals surface area contributed by atoms with Crippen LogP contribution >= 0.6 is 15.9 Å². The van der Waals surface area contributed by atoms with Crippen LogP contribution in [0, 0.1) is 0 Å². The van der Waals surface area contributed by atoms with Crippen LogP contribution in [0.3, 0.4) is 0 Å². The summed E-state index contributed by atoms with van der Waals surface area (Å²) in [7, 11) is -3.94. The van der Waals surface area contributed by atoms with Crippen molar-refractivity contribution in [3.8, 4) is 11.3 Å². The molecule has 11 heteroatoms. The fourth-order valence-corrected chi connectivity index (χ4v) is 4.51. The van der Waals surface area contributed by atoms with Crippen LogP contribution in [-0.4, -0.2) is 26.1 Å². The predicted molar refractivity (Wildman–Crippen MR) is 123 cm³/mol. The number of amides is 3. The zero-order valence-electron chi connectivity index (χ0n) is 17.0. The lowest BCUT2D eigenvalue weighted by Gasteiger charge is -2.14. The summed E-state index contributed by atoms with van der Waals surface area (Å²) in [6.45, 7) is 1.11. The van der Waals surface area contributed by atoms with E-state index in [2.05, 4.69) is 21.4 Å². The van der Waals surface area contributed by atoms with Crippen molar-refractivity contribution in [2.75, 3.05) is 5.01 Å². The summed E-state index contributed by atoms with van der Waals surface area (Å²) in [5, 5.41) is 1.15. The molecule has 0 aliphatic carbocycles. The van der Waals surface area contributed by atoms with Gasteiger partial charge in [0.05, 0.1) is 10.6 Å². The van der Waals surface area contributed by atoms with Crippen molar-refractivity contribution in [1.82, 2.24) is 10.1 Å². The summed E-state index contributed by atoms with van der Waals surface area (Å²) in [6.07, 6.45) is 1.34. The van der Waals surface area contributed by atoms with Gasteiger partial charge in [0.1, 0.15) is 17.1 Å². The number of nitrogens with zero attached hydrogens (tertiary/aromatic N) is 1. The van der Waals surface area contributed by atoms with Gasteiger partial charge < -0.3 is 4.42 Å². The van der Waals surface area contributed by atoms with E-state index < -0.39 is 27.7 Å². The number of halogens is 1. The molecule has 168 valence electrons. The molecule has 1 aromatic heterocycles. The van der Waals surface area contributed by atoms with Gasteiger partial charge in [-0.1, -0.05) is 22.0 Å². The Morgan fingerprint density at radius 1 is 1.09 bits per heavy atom. The summed E-state index contributed by atoms with van der Waals surface area (Å²) < 4.78 is 32.5. The monoisotopic (exact) mass is 529 g/mol. The first-order valence-corrected chi connectivity index (χ1v) is 11.8. The van der Waals surface area contributed by atoms with Crippen molar-refractivity contribution in [1.29, 1.82) is 0 Å². The zero-order chi connectivity index (χ0) is 23.8. The molecule has 1 saturated heterocycles. The first-order chi connectivity index (χ1) is 15.6. The van der Waals surface area contributed by atoms with Crippen LogP contribution in [0.5, 0.6) is 0 Å². The highest BCUT2D eigenvalue weighted by Crippen LogP contribution is 2.27. The van der Waals surface area contributed by atoms with Crippen molar-refractivity contribution in [3.05, 3.63) is 76.5 Å². The van der Waals surface area contributed by atoms with Gasteiger partial charge in [-0.3, -0.25) is 19.8 Å². The number of furan rings is 1. The first kappa shape index (κ1) is 22.5. The molecule has 1 aliphatic rings. The number of hydrogen-bond acceptors (Lipinski definition) is 6.